The topological polar surface area (TPSA) is 82.3 Å². The van der Waals surface area contributed by atoms with E-state index in [9.17, 15) is 18.8 Å². The highest BCUT2D eigenvalue weighted by Crippen LogP contribution is 2.19. The number of aromatic nitrogens is 1. The van der Waals surface area contributed by atoms with Crippen molar-refractivity contribution >= 4 is 28.5 Å². The number of nitrogens with zero attached hydrogens (tertiary/aromatic N) is 1. The summed E-state index contributed by atoms with van der Waals surface area (Å²) in [5.74, 6) is -2.06. The van der Waals surface area contributed by atoms with Gasteiger partial charge in [-0.15, -0.1) is 0 Å². The molecule has 28 heavy (non-hydrogen) atoms. The van der Waals surface area contributed by atoms with E-state index in [-0.39, 0.29) is 17.3 Å². The van der Waals surface area contributed by atoms with Crippen LogP contribution in [0.2, 0.25) is 0 Å². The van der Waals surface area contributed by atoms with E-state index in [1.165, 1.54) is 18.3 Å². The molecule has 4 rings (SSSR count). The largest absolute Gasteiger partial charge is 0.360 e. The number of hydrogen-bond acceptors (Lipinski definition) is 3. The molecule has 0 aliphatic carbocycles. The third-order valence-corrected chi connectivity index (χ3v) is 4.93. The Labute approximate surface area is 160 Å². The second-order valence-electron chi connectivity index (χ2n) is 6.78. The molecule has 3 aromatic rings. The van der Waals surface area contributed by atoms with Crippen molar-refractivity contribution in [1.82, 2.24) is 15.2 Å². The van der Waals surface area contributed by atoms with Crippen molar-refractivity contribution in [1.29, 1.82) is 0 Å². The number of benzene rings is 2. The van der Waals surface area contributed by atoms with Gasteiger partial charge in [0.15, 0.2) is 0 Å². The van der Waals surface area contributed by atoms with E-state index < -0.39 is 17.7 Å². The highest BCUT2D eigenvalue weighted by molar-refractivity contribution is 6.45. The van der Waals surface area contributed by atoms with Gasteiger partial charge < -0.3 is 15.2 Å². The number of aromatic amines is 1. The molecule has 1 aromatic heterocycles. The number of likely N-dealkylation sites (tertiary alicyclic amines) is 1. The summed E-state index contributed by atoms with van der Waals surface area (Å²) in [7, 11) is 0. The van der Waals surface area contributed by atoms with Crippen LogP contribution in [0.3, 0.4) is 0 Å². The summed E-state index contributed by atoms with van der Waals surface area (Å²) >= 11 is 0. The van der Waals surface area contributed by atoms with Crippen LogP contribution in [-0.4, -0.2) is 40.1 Å². The van der Waals surface area contributed by atoms with Gasteiger partial charge in [0.2, 0.25) is 5.91 Å². The maximum Gasteiger partial charge on any atom is 0.293 e. The van der Waals surface area contributed by atoms with Crippen LogP contribution < -0.4 is 5.32 Å². The van der Waals surface area contributed by atoms with Crippen molar-refractivity contribution in [3.63, 3.8) is 0 Å². The molecule has 142 valence electrons. The van der Waals surface area contributed by atoms with Crippen molar-refractivity contribution in [3.8, 4) is 0 Å². The summed E-state index contributed by atoms with van der Waals surface area (Å²) < 4.78 is 13.0. The molecule has 7 heteroatoms. The van der Waals surface area contributed by atoms with Crippen LogP contribution in [0.1, 0.15) is 22.3 Å². The van der Waals surface area contributed by atoms with Gasteiger partial charge in [0.25, 0.3) is 11.7 Å². The molecule has 2 amide bonds. The zero-order chi connectivity index (χ0) is 19.7. The highest BCUT2D eigenvalue weighted by Gasteiger charge is 2.34. The average molecular weight is 379 g/mol. The lowest BCUT2D eigenvalue weighted by atomic mass is 10.1. The lowest BCUT2D eigenvalue weighted by Gasteiger charge is -2.17. The Balaban J connectivity index is 1.41. The number of H-pyrrole nitrogens is 1. The van der Waals surface area contributed by atoms with Gasteiger partial charge in [-0.3, -0.25) is 14.4 Å². The minimum atomic E-state index is -0.799. The van der Waals surface area contributed by atoms with Gasteiger partial charge in [0.05, 0.1) is 5.56 Å². The van der Waals surface area contributed by atoms with Gasteiger partial charge in [0.1, 0.15) is 11.9 Å². The quantitative estimate of drug-likeness (QED) is 0.528. The second kappa shape index (κ2) is 7.26. The number of para-hydroxylation sites is 1. The van der Waals surface area contributed by atoms with Crippen molar-refractivity contribution in [2.24, 2.45) is 0 Å². The van der Waals surface area contributed by atoms with Gasteiger partial charge in [-0.25, -0.2) is 4.39 Å². The molecule has 6 nitrogen and oxygen atoms in total. The molecule has 1 atom stereocenters. The lowest BCUT2D eigenvalue weighted by molar-refractivity contribution is -0.132. The molecule has 1 saturated heterocycles. The molecule has 1 fully saturated rings. The van der Waals surface area contributed by atoms with Gasteiger partial charge in [-0.05, 0) is 30.2 Å². The summed E-state index contributed by atoms with van der Waals surface area (Å²) in [4.78, 5) is 42.0. The number of ketones is 1. The van der Waals surface area contributed by atoms with Crippen molar-refractivity contribution in [3.05, 3.63) is 71.7 Å². The van der Waals surface area contributed by atoms with E-state index >= 15 is 0 Å². The number of rotatable bonds is 5. The monoisotopic (exact) mass is 379 g/mol. The Morgan fingerprint density at radius 2 is 1.89 bits per heavy atom. The van der Waals surface area contributed by atoms with E-state index in [2.05, 4.69) is 10.3 Å². The predicted octanol–water partition coefficient (Wildman–Crippen LogP) is 2.41. The lowest BCUT2D eigenvalue weighted by Crippen LogP contribution is -2.44. The van der Waals surface area contributed by atoms with Crippen LogP contribution in [0, 0.1) is 5.82 Å². The molecule has 2 heterocycles. The first-order chi connectivity index (χ1) is 13.5. The standard InChI is InChI=1S/C21H18FN3O3/c22-14-7-5-13(6-8-14)12-25-10-9-18(21(25)28)24-20(27)19(26)16-11-23-17-4-2-1-3-15(16)17/h1-8,11,18,23H,9-10,12H2,(H,24,27). The van der Waals surface area contributed by atoms with E-state index in [0.717, 1.165) is 11.1 Å². The molecule has 0 spiro atoms. The van der Waals surface area contributed by atoms with E-state index in [1.807, 2.05) is 12.1 Å². The fourth-order valence-electron chi connectivity index (χ4n) is 3.45. The first-order valence-electron chi connectivity index (χ1n) is 8.97. The van der Waals surface area contributed by atoms with Crippen LogP contribution in [0.15, 0.2) is 54.7 Å². The van der Waals surface area contributed by atoms with Crippen LogP contribution in [0.25, 0.3) is 10.9 Å². The Morgan fingerprint density at radius 1 is 1.14 bits per heavy atom. The summed E-state index contributed by atoms with van der Waals surface area (Å²) in [6, 6.07) is 12.4. The molecular weight excluding hydrogens is 361 g/mol. The number of carbonyl (C=O) groups excluding carboxylic acids is 3. The molecule has 0 bridgehead atoms. The SMILES string of the molecule is O=C(NC1CCN(Cc2ccc(F)cc2)C1=O)C(=O)c1c[nH]c2ccccc12. The average Bonchev–Trinajstić information content (AvgIpc) is 3.28. The number of carbonyl (C=O) groups is 3. The van der Waals surface area contributed by atoms with Crippen molar-refractivity contribution in [2.45, 2.75) is 19.0 Å². The Morgan fingerprint density at radius 3 is 2.68 bits per heavy atom. The van der Waals surface area contributed by atoms with Gasteiger partial charge in [-0.2, -0.15) is 0 Å². The smallest absolute Gasteiger partial charge is 0.293 e. The predicted molar refractivity (Wildman–Crippen MR) is 101 cm³/mol. The first-order valence-corrected chi connectivity index (χ1v) is 8.97. The Bertz CT molecular complexity index is 1060. The van der Waals surface area contributed by atoms with Gasteiger partial charge >= 0.3 is 0 Å². The van der Waals surface area contributed by atoms with Gasteiger partial charge in [0, 0.05) is 30.2 Å². The number of amides is 2. The Kier molecular flexibility index (Phi) is 4.65. The number of hydrogen-bond donors (Lipinski definition) is 2. The summed E-state index contributed by atoms with van der Waals surface area (Å²) in [6.45, 7) is 0.796. The maximum atomic E-state index is 13.0. The molecule has 1 unspecified atom stereocenters. The second-order valence-corrected chi connectivity index (χ2v) is 6.78. The summed E-state index contributed by atoms with van der Waals surface area (Å²) in [5, 5.41) is 3.22. The normalized spacial score (nSPS) is 16.5. The van der Waals surface area contributed by atoms with Crippen molar-refractivity contribution < 1.29 is 18.8 Å². The number of fused-ring (bicyclic) bond motifs is 1. The number of Topliss-reactive ketones (excluding diaryl/α,β-unsaturated/α-hetero) is 1. The molecule has 0 saturated carbocycles. The fraction of sp³-hybridized carbons (Fsp3) is 0.190. The maximum absolute atomic E-state index is 13.0. The molecular formula is C21H18FN3O3. The molecule has 2 N–H and O–H groups in total. The van der Waals surface area contributed by atoms with E-state index in [0.29, 0.717) is 24.9 Å². The number of halogens is 1. The van der Waals surface area contributed by atoms with Crippen molar-refractivity contribution in [2.75, 3.05) is 6.54 Å². The fourth-order valence-corrected chi connectivity index (χ4v) is 3.45. The van der Waals surface area contributed by atoms with Crippen LogP contribution >= 0.6 is 0 Å². The first kappa shape index (κ1) is 17.9. The third kappa shape index (κ3) is 3.38. The highest BCUT2D eigenvalue weighted by atomic mass is 19.1. The molecule has 0 radical (unpaired) electrons. The zero-order valence-electron chi connectivity index (χ0n) is 14.9. The minimum Gasteiger partial charge on any atom is -0.360 e. The van der Waals surface area contributed by atoms with E-state index in [1.54, 1.807) is 29.2 Å². The van der Waals surface area contributed by atoms with Crippen LogP contribution in [-0.2, 0) is 16.1 Å². The zero-order valence-corrected chi connectivity index (χ0v) is 14.9. The van der Waals surface area contributed by atoms with E-state index in [4.69, 9.17) is 0 Å². The number of nitrogens with one attached hydrogen (secondary N) is 2. The van der Waals surface area contributed by atoms with Gasteiger partial charge in [-0.1, -0.05) is 30.3 Å². The molecule has 1 aliphatic rings. The summed E-state index contributed by atoms with van der Waals surface area (Å²) in [5.41, 5.74) is 1.85. The van der Waals surface area contributed by atoms with Crippen LogP contribution in [0.5, 0.6) is 0 Å². The van der Waals surface area contributed by atoms with Crippen LogP contribution in [0.4, 0.5) is 4.39 Å². The Hall–Kier alpha value is -3.48. The summed E-state index contributed by atoms with van der Waals surface area (Å²) in [6.07, 6.45) is 1.93. The third-order valence-electron chi connectivity index (χ3n) is 4.93. The minimum absolute atomic E-state index is 0.246. The molecule has 1 aliphatic heterocycles. The molecule has 2 aromatic carbocycles.